The highest BCUT2D eigenvalue weighted by molar-refractivity contribution is 6.36. The molecule has 1 aliphatic carbocycles. The molecule has 6 nitrogen and oxygen atoms in total. The summed E-state index contributed by atoms with van der Waals surface area (Å²) in [4.78, 5) is 29.3. The van der Waals surface area contributed by atoms with Gasteiger partial charge in [0.2, 0.25) is 5.78 Å². The maximum absolute atomic E-state index is 13.8. The molecular formula is C24H29FN4O2. The fraction of sp³-hybridized carbons (Fsp3) is 0.375. The fourth-order valence-electron chi connectivity index (χ4n) is 4.06. The van der Waals surface area contributed by atoms with E-state index in [1.807, 2.05) is 6.07 Å². The van der Waals surface area contributed by atoms with Crippen molar-refractivity contribution in [2.24, 2.45) is 22.4 Å². The van der Waals surface area contributed by atoms with Crippen LogP contribution in [-0.4, -0.2) is 24.2 Å². The molecule has 31 heavy (non-hydrogen) atoms. The largest absolute Gasteiger partial charge is 0.370 e. The van der Waals surface area contributed by atoms with Gasteiger partial charge in [0, 0.05) is 18.9 Å². The molecule has 0 spiro atoms. The molecule has 0 heterocycles. The van der Waals surface area contributed by atoms with Crippen molar-refractivity contribution in [2.45, 2.75) is 45.6 Å². The molecule has 2 aromatic rings. The number of aliphatic imine (C=N–C) groups is 1. The van der Waals surface area contributed by atoms with Crippen LogP contribution in [0.3, 0.4) is 0 Å². The Morgan fingerprint density at radius 3 is 2.58 bits per heavy atom. The minimum absolute atomic E-state index is 0.00909. The van der Waals surface area contributed by atoms with E-state index in [9.17, 15) is 14.0 Å². The van der Waals surface area contributed by atoms with Crippen LogP contribution in [0.5, 0.6) is 0 Å². The Morgan fingerprint density at radius 1 is 1.16 bits per heavy atom. The monoisotopic (exact) mass is 424 g/mol. The molecule has 1 aliphatic rings. The summed E-state index contributed by atoms with van der Waals surface area (Å²) in [6.07, 6.45) is 2.58. The van der Waals surface area contributed by atoms with Gasteiger partial charge in [0.25, 0.3) is 5.91 Å². The van der Waals surface area contributed by atoms with Gasteiger partial charge in [-0.1, -0.05) is 43.7 Å². The summed E-state index contributed by atoms with van der Waals surface area (Å²) < 4.78 is 13.8. The quantitative estimate of drug-likeness (QED) is 0.343. The first-order valence-corrected chi connectivity index (χ1v) is 10.5. The molecule has 0 aromatic heterocycles. The molecule has 0 aliphatic heterocycles. The standard InChI is InChI=1S/C24H29FN4O2/c1-3-4-15-7-8-19-17(9-15)12-18(13-28-24(26)27)22(19)29-23(31)21(30)11-16-6-5-14(2)20(25)10-16/h5-10,18,22H,3-4,11-13H2,1-2H3,(H,29,31)(H4,26,27,28)/t18-,22-/m1/s1. The summed E-state index contributed by atoms with van der Waals surface area (Å²) in [5.41, 5.74) is 15.3. The lowest BCUT2D eigenvalue weighted by Crippen LogP contribution is -2.38. The number of nitrogens with one attached hydrogen (secondary N) is 1. The highest BCUT2D eigenvalue weighted by Crippen LogP contribution is 2.37. The number of guanidine groups is 1. The van der Waals surface area contributed by atoms with E-state index in [0.29, 0.717) is 24.1 Å². The van der Waals surface area contributed by atoms with Gasteiger partial charge in [-0.15, -0.1) is 0 Å². The predicted octanol–water partition coefficient (Wildman–Crippen LogP) is 2.50. The van der Waals surface area contributed by atoms with Crippen molar-refractivity contribution in [3.8, 4) is 0 Å². The second kappa shape index (κ2) is 9.73. The van der Waals surface area contributed by atoms with E-state index < -0.39 is 17.5 Å². The third-order valence-corrected chi connectivity index (χ3v) is 5.68. The van der Waals surface area contributed by atoms with Gasteiger partial charge < -0.3 is 16.8 Å². The molecule has 0 saturated heterocycles. The number of benzene rings is 2. The molecule has 5 N–H and O–H groups in total. The number of aryl methyl sites for hydroxylation is 2. The van der Waals surface area contributed by atoms with Crippen LogP contribution >= 0.6 is 0 Å². The van der Waals surface area contributed by atoms with Crippen LogP contribution in [0, 0.1) is 18.7 Å². The lowest BCUT2D eigenvalue weighted by atomic mass is 9.99. The van der Waals surface area contributed by atoms with Gasteiger partial charge in [0.15, 0.2) is 5.96 Å². The number of amides is 1. The number of nitrogens with two attached hydrogens (primary N) is 2. The van der Waals surface area contributed by atoms with Crippen LogP contribution < -0.4 is 16.8 Å². The summed E-state index contributed by atoms with van der Waals surface area (Å²) in [5, 5.41) is 2.87. The van der Waals surface area contributed by atoms with Crippen molar-refractivity contribution in [1.29, 1.82) is 0 Å². The number of fused-ring (bicyclic) bond motifs is 1. The smallest absolute Gasteiger partial charge is 0.288 e. The van der Waals surface area contributed by atoms with Crippen LogP contribution in [-0.2, 0) is 28.9 Å². The Kier molecular flexibility index (Phi) is 7.05. The predicted molar refractivity (Wildman–Crippen MR) is 119 cm³/mol. The molecule has 2 atom stereocenters. The number of hydrogen-bond donors (Lipinski definition) is 3. The van der Waals surface area contributed by atoms with Gasteiger partial charge >= 0.3 is 0 Å². The fourth-order valence-corrected chi connectivity index (χ4v) is 4.06. The van der Waals surface area contributed by atoms with Crippen molar-refractivity contribution >= 4 is 17.6 Å². The summed E-state index contributed by atoms with van der Waals surface area (Å²) in [7, 11) is 0. The van der Waals surface area contributed by atoms with Crippen molar-refractivity contribution < 1.29 is 14.0 Å². The number of rotatable bonds is 8. The van der Waals surface area contributed by atoms with E-state index in [1.165, 1.54) is 11.6 Å². The van der Waals surface area contributed by atoms with Gasteiger partial charge in [-0.25, -0.2) is 4.39 Å². The van der Waals surface area contributed by atoms with Crippen molar-refractivity contribution in [3.63, 3.8) is 0 Å². The van der Waals surface area contributed by atoms with E-state index in [4.69, 9.17) is 11.5 Å². The summed E-state index contributed by atoms with van der Waals surface area (Å²) in [6.45, 7) is 4.12. The third kappa shape index (κ3) is 5.48. The SMILES string of the molecule is CCCc1ccc2c(c1)C[C@H](CN=C(N)N)[C@H]2NC(=O)C(=O)Cc1ccc(C)c(F)c1. The number of hydrogen-bond acceptors (Lipinski definition) is 3. The van der Waals surface area contributed by atoms with E-state index >= 15 is 0 Å². The normalized spacial score (nSPS) is 17.1. The second-order valence-corrected chi connectivity index (χ2v) is 8.15. The Balaban J connectivity index is 1.77. The topological polar surface area (TPSA) is 111 Å². The lowest BCUT2D eigenvalue weighted by molar-refractivity contribution is -0.138. The first kappa shape index (κ1) is 22.5. The Morgan fingerprint density at radius 2 is 1.90 bits per heavy atom. The number of carbonyl (C=O) groups excluding carboxylic acids is 2. The molecule has 0 unspecified atom stereocenters. The number of nitrogens with zero attached hydrogens (tertiary/aromatic N) is 1. The molecule has 0 saturated carbocycles. The first-order chi connectivity index (χ1) is 14.8. The zero-order chi connectivity index (χ0) is 22.5. The van der Waals surface area contributed by atoms with Gasteiger partial charge in [-0.3, -0.25) is 14.6 Å². The number of ketones is 1. The molecule has 0 bridgehead atoms. The van der Waals surface area contributed by atoms with E-state index in [-0.39, 0.29) is 24.3 Å². The summed E-state index contributed by atoms with van der Waals surface area (Å²) >= 11 is 0. The summed E-state index contributed by atoms with van der Waals surface area (Å²) in [5.74, 6) is -1.76. The van der Waals surface area contributed by atoms with Crippen LogP contribution in [0.25, 0.3) is 0 Å². The van der Waals surface area contributed by atoms with Crippen LogP contribution in [0.15, 0.2) is 41.4 Å². The first-order valence-electron chi connectivity index (χ1n) is 10.5. The highest BCUT2D eigenvalue weighted by Gasteiger charge is 2.34. The molecule has 0 radical (unpaired) electrons. The second-order valence-electron chi connectivity index (χ2n) is 8.15. The van der Waals surface area contributed by atoms with E-state index in [2.05, 4.69) is 29.4 Å². The van der Waals surface area contributed by atoms with Crippen molar-refractivity contribution in [1.82, 2.24) is 5.32 Å². The lowest BCUT2D eigenvalue weighted by Gasteiger charge is -2.20. The average molecular weight is 425 g/mol. The molecule has 3 rings (SSSR count). The molecule has 0 fully saturated rings. The van der Waals surface area contributed by atoms with Crippen molar-refractivity contribution in [2.75, 3.05) is 6.54 Å². The number of halogens is 1. The maximum Gasteiger partial charge on any atom is 0.288 e. The van der Waals surface area contributed by atoms with Crippen LogP contribution in [0.1, 0.15) is 47.2 Å². The van der Waals surface area contributed by atoms with Gasteiger partial charge in [-0.05, 0) is 53.6 Å². The van der Waals surface area contributed by atoms with Crippen molar-refractivity contribution in [3.05, 3.63) is 70.0 Å². The highest BCUT2D eigenvalue weighted by atomic mass is 19.1. The zero-order valence-corrected chi connectivity index (χ0v) is 18.0. The van der Waals surface area contributed by atoms with Gasteiger partial charge in [0.1, 0.15) is 5.82 Å². The van der Waals surface area contributed by atoms with Crippen LogP contribution in [0.2, 0.25) is 0 Å². The minimum atomic E-state index is -0.689. The minimum Gasteiger partial charge on any atom is -0.370 e. The Bertz CT molecular complexity index is 1010. The zero-order valence-electron chi connectivity index (χ0n) is 18.0. The molecule has 164 valence electrons. The molecule has 7 heteroatoms. The summed E-state index contributed by atoms with van der Waals surface area (Å²) in [6, 6.07) is 10.4. The number of carbonyl (C=O) groups is 2. The third-order valence-electron chi connectivity index (χ3n) is 5.68. The number of Topliss-reactive ketones (excluding diaryl/α,β-unsaturated/α-hetero) is 1. The Labute approximate surface area is 181 Å². The van der Waals surface area contributed by atoms with Gasteiger partial charge in [-0.2, -0.15) is 0 Å². The Hall–Kier alpha value is -3.22. The maximum atomic E-state index is 13.8. The average Bonchev–Trinajstić information content (AvgIpc) is 3.06. The van der Waals surface area contributed by atoms with E-state index in [1.54, 1.807) is 19.1 Å². The van der Waals surface area contributed by atoms with Gasteiger partial charge in [0.05, 0.1) is 6.04 Å². The molecular weight excluding hydrogens is 395 g/mol. The molecule has 2 aromatic carbocycles. The van der Waals surface area contributed by atoms with E-state index in [0.717, 1.165) is 24.0 Å². The molecule has 1 amide bonds. The van der Waals surface area contributed by atoms with Crippen LogP contribution in [0.4, 0.5) is 4.39 Å².